The van der Waals surface area contributed by atoms with Gasteiger partial charge >= 0.3 is 6.11 Å². The highest BCUT2D eigenvalue weighted by molar-refractivity contribution is 5.84. The molecule has 0 aliphatic heterocycles. The molecule has 0 N–H and O–H groups in total. The van der Waals surface area contributed by atoms with E-state index in [1.807, 2.05) is 18.2 Å². The van der Waals surface area contributed by atoms with E-state index >= 15 is 0 Å². The Hall–Kier alpha value is -2.49. The number of ether oxygens (including phenoxy) is 1. The maximum atomic E-state index is 14.6. The predicted molar refractivity (Wildman–Crippen MR) is 112 cm³/mol. The fourth-order valence-electron chi connectivity index (χ4n) is 3.46. The van der Waals surface area contributed by atoms with Crippen molar-refractivity contribution >= 4 is 10.8 Å². The SMILES string of the molecule is CCCCCc1ccc(C(F)(F)Oc2cc3ccc(CCC)cc3cc2F)cc1. The van der Waals surface area contributed by atoms with Crippen LogP contribution in [0.1, 0.15) is 56.2 Å². The van der Waals surface area contributed by atoms with Crippen LogP contribution in [-0.2, 0) is 19.0 Å². The highest BCUT2D eigenvalue weighted by atomic mass is 19.3. The number of benzene rings is 3. The van der Waals surface area contributed by atoms with Crippen molar-refractivity contribution < 1.29 is 17.9 Å². The first-order valence-corrected chi connectivity index (χ1v) is 10.3. The fraction of sp³-hybridized carbons (Fsp3) is 0.360. The minimum absolute atomic E-state index is 0.283. The van der Waals surface area contributed by atoms with Gasteiger partial charge in [0, 0.05) is 0 Å². The lowest BCUT2D eigenvalue weighted by molar-refractivity contribution is -0.186. The minimum atomic E-state index is -3.61. The molecule has 0 unspecified atom stereocenters. The Kier molecular flexibility index (Phi) is 6.83. The van der Waals surface area contributed by atoms with Crippen LogP contribution in [0.2, 0.25) is 0 Å². The average molecular weight is 400 g/mol. The predicted octanol–water partition coefficient (Wildman–Crippen LogP) is 7.79. The standard InChI is InChI=1S/C25H27F3O/c1-3-5-6-8-18-10-13-22(14-11-18)25(27,28)29-24-17-20-12-9-19(7-4-2)15-21(20)16-23(24)26/h9-17H,3-8H2,1-2H3. The fourth-order valence-corrected chi connectivity index (χ4v) is 3.46. The van der Waals surface area contributed by atoms with E-state index in [1.165, 1.54) is 24.3 Å². The van der Waals surface area contributed by atoms with Crippen molar-refractivity contribution in [2.24, 2.45) is 0 Å². The van der Waals surface area contributed by atoms with Gasteiger partial charge in [-0.3, -0.25) is 0 Å². The number of halogens is 3. The summed E-state index contributed by atoms with van der Waals surface area (Å²) in [6.45, 7) is 4.19. The summed E-state index contributed by atoms with van der Waals surface area (Å²) in [5, 5.41) is 1.35. The summed E-state index contributed by atoms with van der Waals surface area (Å²) in [7, 11) is 0. The number of rotatable bonds is 9. The number of aryl methyl sites for hydroxylation is 2. The highest BCUT2D eigenvalue weighted by Gasteiger charge is 2.35. The smallest absolute Gasteiger partial charge is 0.426 e. The first kappa shape index (κ1) is 21.2. The number of fused-ring (bicyclic) bond motifs is 1. The van der Waals surface area contributed by atoms with Crippen LogP contribution in [-0.4, -0.2) is 0 Å². The second-order valence-corrected chi connectivity index (χ2v) is 7.49. The molecule has 0 atom stereocenters. The molecule has 3 aromatic rings. The summed E-state index contributed by atoms with van der Waals surface area (Å²) >= 11 is 0. The van der Waals surface area contributed by atoms with E-state index < -0.39 is 17.7 Å². The van der Waals surface area contributed by atoms with Crippen molar-refractivity contribution in [2.75, 3.05) is 0 Å². The summed E-state index contributed by atoms with van der Waals surface area (Å²) in [6.07, 6.45) is 2.38. The topological polar surface area (TPSA) is 9.23 Å². The van der Waals surface area contributed by atoms with E-state index in [0.29, 0.717) is 10.8 Å². The molecule has 0 heterocycles. The Labute approximate surface area is 170 Å². The van der Waals surface area contributed by atoms with Gasteiger partial charge in [0.1, 0.15) is 0 Å². The van der Waals surface area contributed by atoms with Crippen LogP contribution in [0.4, 0.5) is 13.2 Å². The van der Waals surface area contributed by atoms with Gasteiger partial charge in [0.05, 0.1) is 5.56 Å². The minimum Gasteiger partial charge on any atom is -0.426 e. The van der Waals surface area contributed by atoms with Crippen molar-refractivity contribution in [1.29, 1.82) is 0 Å². The maximum absolute atomic E-state index is 14.6. The monoisotopic (exact) mass is 400 g/mol. The number of hydrogen-bond donors (Lipinski definition) is 0. The molecule has 0 saturated heterocycles. The van der Waals surface area contributed by atoms with E-state index in [4.69, 9.17) is 4.74 Å². The van der Waals surface area contributed by atoms with Crippen LogP contribution in [0.3, 0.4) is 0 Å². The molecule has 0 amide bonds. The third kappa shape index (κ3) is 5.31. The molecule has 0 radical (unpaired) electrons. The molecule has 154 valence electrons. The first-order chi connectivity index (χ1) is 13.9. The van der Waals surface area contributed by atoms with Gasteiger partial charge in [-0.05, 0) is 65.4 Å². The lowest BCUT2D eigenvalue weighted by Crippen LogP contribution is -2.22. The second-order valence-electron chi connectivity index (χ2n) is 7.49. The van der Waals surface area contributed by atoms with Gasteiger partial charge in [-0.2, -0.15) is 8.78 Å². The molecule has 0 saturated carbocycles. The van der Waals surface area contributed by atoms with Crippen LogP contribution in [0.5, 0.6) is 5.75 Å². The summed E-state index contributed by atoms with van der Waals surface area (Å²) in [5.74, 6) is -1.24. The molecule has 4 heteroatoms. The summed E-state index contributed by atoms with van der Waals surface area (Å²) in [6, 6.07) is 14.3. The van der Waals surface area contributed by atoms with Crippen molar-refractivity contribution in [3.63, 3.8) is 0 Å². The first-order valence-electron chi connectivity index (χ1n) is 10.3. The van der Waals surface area contributed by atoms with Crippen LogP contribution in [0.15, 0.2) is 54.6 Å². The van der Waals surface area contributed by atoms with Crippen molar-refractivity contribution in [2.45, 2.75) is 58.5 Å². The summed E-state index contributed by atoms with van der Waals surface area (Å²) in [5.41, 5.74) is 1.82. The lowest BCUT2D eigenvalue weighted by Gasteiger charge is -2.19. The van der Waals surface area contributed by atoms with E-state index in [2.05, 4.69) is 13.8 Å². The third-order valence-corrected chi connectivity index (χ3v) is 5.09. The van der Waals surface area contributed by atoms with Gasteiger partial charge in [-0.15, -0.1) is 0 Å². The maximum Gasteiger partial charge on any atom is 0.426 e. The number of hydrogen-bond acceptors (Lipinski definition) is 1. The van der Waals surface area contributed by atoms with Crippen LogP contribution in [0, 0.1) is 5.82 Å². The third-order valence-electron chi connectivity index (χ3n) is 5.09. The molecular formula is C25H27F3O. The Morgan fingerprint density at radius 3 is 2.17 bits per heavy atom. The zero-order chi connectivity index (χ0) is 20.9. The summed E-state index contributed by atoms with van der Waals surface area (Å²) in [4.78, 5) is 0. The van der Waals surface area contributed by atoms with Crippen LogP contribution >= 0.6 is 0 Å². The molecule has 0 aliphatic rings. The van der Waals surface area contributed by atoms with Gasteiger partial charge in [0.15, 0.2) is 11.6 Å². The molecule has 3 aromatic carbocycles. The Balaban J connectivity index is 1.79. The van der Waals surface area contributed by atoms with Crippen LogP contribution in [0.25, 0.3) is 10.8 Å². The largest absolute Gasteiger partial charge is 0.426 e. The Morgan fingerprint density at radius 1 is 0.759 bits per heavy atom. The van der Waals surface area contributed by atoms with Crippen LogP contribution < -0.4 is 4.74 Å². The van der Waals surface area contributed by atoms with Crippen molar-refractivity contribution in [3.8, 4) is 5.75 Å². The molecule has 0 fully saturated rings. The zero-order valence-corrected chi connectivity index (χ0v) is 17.0. The lowest BCUT2D eigenvalue weighted by atomic mass is 10.0. The van der Waals surface area contributed by atoms with Gasteiger partial charge < -0.3 is 4.74 Å². The van der Waals surface area contributed by atoms with Crippen molar-refractivity contribution in [1.82, 2.24) is 0 Å². The van der Waals surface area contributed by atoms with Gasteiger partial charge in [-0.1, -0.05) is 63.4 Å². The average Bonchev–Trinajstić information content (AvgIpc) is 2.69. The van der Waals surface area contributed by atoms with Crippen molar-refractivity contribution in [3.05, 3.63) is 77.1 Å². The Morgan fingerprint density at radius 2 is 1.48 bits per heavy atom. The molecule has 0 aliphatic carbocycles. The molecule has 0 spiro atoms. The normalized spacial score (nSPS) is 11.8. The molecule has 1 nitrogen and oxygen atoms in total. The number of unbranched alkanes of at least 4 members (excludes halogenated alkanes) is 2. The molecule has 3 rings (SSSR count). The van der Waals surface area contributed by atoms with E-state index in [0.717, 1.165) is 49.7 Å². The quantitative estimate of drug-likeness (QED) is 0.333. The zero-order valence-electron chi connectivity index (χ0n) is 17.0. The second kappa shape index (κ2) is 9.34. The Bertz CT molecular complexity index is 948. The highest BCUT2D eigenvalue weighted by Crippen LogP contribution is 2.35. The van der Waals surface area contributed by atoms with Gasteiger partial charge in [0.2, 0.25) is 0 Å². The van der Waals surface area contributed by atoms with Gasteiger partial charge in [0.25, 0.3) is 0 Å². The molecular weight excluding hydrogens is 373 g/mol. The van der Waals surface area contributed by atoms with E-state index in [9.17, 15) is 13.2 Å². The molecule has 0 bridgehead atoms. The molecule has 0 aromatic heterocycles. The number of alkyl halides is 2. The van der Waals surface area contributed by atoms with E-state index in [-0.39, 0.29) is 5.56 Å². The van der Waals surface area contributed by atoms with Gasteiger partial charge in [-0.25, -0.2) is 4.39 Å². The van der Waals surface area contributed by atoms with E-state index in [1.54, 1.807) is 12.1 Å². The summed E-state index contributed by atoms with van der Waals surface area (Å²) < 4.78 is 48.6. The molecule has 29 heavy (non-hydrogen) atoms.